The van der Waals surface area contributed by atoms with Gasteiger partial charge in [0.05, 0.1) is 0 Å². The van der Waals surface area contributed by atoms with Crippen LogP contribution in [0, 0.1) is 0 Å². The maximum atomic E-state index is 11.9. The molecule has 4 nitrogen and oxygen atoms in total. The molecule has 2 aromatic carbocycles. The van der Waals surface area contributed by atoms with Gasteiger partial charge >= 0.3 is 0 Å². The number of amides is 1. The Bertz CT molecular complexity index is 623. The van der Waals surface area contributed by atoms with Gasteiger partial charge in [-0.1, -0.05) is 48.5 Å². The summed E-state index contributed by atoms with van der Waals surface area (Å²) in [7, 11) is 0. The Kier molecular flexibility index (Phi) is 3.46. The molecule has 1 aliphatic heterocycles. The summed E-state index contributed by atoms with van der Waals surface area (Å²) < 4.78 is 0. The van der Waals surface area contributed by atoms with E-state index in [1.165, 1.54) is 0 Å². The van der Waals surface area contributed by atoms with E-state index in [0.29, 0.717) is 12.4 Å². The third-order valence-corrected chi connectivity index (χ3v) is 3.14. The summed E-state index contributed by atoms with van der Waals surface area (Å²) in [6.45, 7) is 0. The van der Waals surface area contributed by atoms with Gasteiger partial charge in [0.2, 0.25) is 5.96 Å². The van der Waals surface area contributed by atoms with Crippen molar-refractivity contribution in [1.82, 2.24) is 5.32 Å². The number of hydrogen-bond acceptors (Lipinski definition) is 3. The Morgan fingerprint density at radius 3 is 2.35 bits per heavy atom. The number of hydrogen-bond donors (Lipinski definition) is 2. The molecule has 3 rings (SSSR count). The molecule has 0 spiro atoms. The van der Waals surface area contributed by atoms with E-state index in [-0.39, 0.29) is 11.9 Å². The lowest BCUT2D eigenvalue weighted by atomic mass is 10.1. The first-order valence-electron chi connectivity index (χ1n) is 6.56. The van der Waals surface area contributed by atoms with Crippen molar-refractivity contribution >= 4 is 17.6 Å². The number of aliphatic imine (C=N–C) groups is 1. The number of nitrogens with one attached hydrogen (secondary N) is 2. The number of anilines is 1. The molecule has 0 saturated carbocycles. The number of carbonyl (C=O) groups is 1. The molecular formula is C16H15N3O. The summed E-state index contributed by atoms with van der Waals surface area (Å²) in [4.78, 5) is 16.3. The predicted octanol–water partition coefficient (Wildman–Crippen LogP) is 2.20. The maximum Gasteiger partial charge on any atom is 0.251 e. The van der Waals surface area contributed by atoms with Gasteiger partial charge in [0.15, 0.2) is 0 Å². The van der Waals surface area contributed by atoms with Crippen LogP contribution in [0.1, 0.15) is 5.56 Å². The van der Waals surface area contributed by atoms with Crippen molar-refractivity contribution in [3.05, 3.63) is 66.2 Å². The summed E-state index contributed by atoms with van der Waals surface area (Å²) in [5.41, 5.74) is 2.02. The monoisotopic (exact) mass is 265 g/mol. The van der Waals surface area contributed by atoms with Gasteiger partial charge in [0, 0.05) is 12.1 Å². The third kappa shape index (κ3) is 2.85. The first-order valence-corrected chi connectivity index (χ1v) is 6.56. The van der Waals surface area contributed by atoms with Crippen LogP contribution in [0.5, 0.6) is 0 Å². The van der Waals surface area contributed by atoms with Crippen molar-refractivity contribution in [2.75, 3.05) is 5.32 Å². The lowest BCUT2D eigenvalue weighted by Gasteiger charge is -2.04. The summed E-state index contributed by atoms with van der Waals surface area (Å²) >= 11 is 0. The van der Waals surface area contributed by atoms with Gasteiger partial charge in [0.25, 0.3) is 5.91 Å². The number of para-hydroxylation sites is 1. The summed E-state index contributed by atoms with van der Waals surface area (Å²) in [6.07, 6.45) is 0.618. The minimum Gasteiger partial charge on any atom is -0.326 e. The highest BCUT2D eigenvalue weighted by Gasteiger charge is 2.26. The van der Waals surface area contributed by atoms with Gasteiger partial charge in [-0.3, -0.25) is 10.1 Å². The Morgan fingerprint density at radius 2 is 1.65 bits per heavy atom. The predicted molar refractivity (Wildman–Crippen MR) is 79.6 cm³/mol. The normalized spacial score (nSPS) is 17.5. The van der Waals surface area contributed by atoms with Crippen LogP contribution in [0.2, 0.25) is 0 Å². The topological polar surface area (TPSA) is 53.5 Å². The fourth-order valence-corrected chi connectivity index (χ4v) is 2.14. The average molecular weight is 265 g/mol. The molecular weight excluding hydrogens is 250 g/mol. The molecule has 2 N–H and O–H groups in total. The quantitative estimate of drug-likeness (QED) is 0.894. The van der Waals surface area contributed by atoms with Crippen LogP contribution >= 0.6 is 0 Å². The van der Waals surface area contributed by atoms with Crippen molar-refractivity contribution in [2.45, 2.75) is 12.5 Å². The summed E-state index contributed by atoms with van der Waals surface area (Å²) in [5.74, 6) is 0.453. The van der Waals surface area contributed by atoms with Crippen molar-refractivity contribution < 1.29 is 4.79 Å². The van der Waals surface area contributed by atoms with Crippen LogP contribution in [0.3, 0.4) is 0 Å². The molecule has 0 bridgehead atoms. The first-order chi connectivity index (χ1) is 9.81. The molecule has 0 unspecified atom stereocenters. The van der Waals surface area contributed by atoms with E-state index in [0.717, 1.165) is 11.3 Å². The van der Waals surface area contributed by atoms with Crippen molar-refractivity contribution in [3.8, 4) is 0 Å². The lowest BCUT2D eigenvalue weighted by molar-refractivity contribution is -0.120. The van der Waals surface area contributed by atoms with Gasteiger partial charge in [-0.15, -0.1) is 0 Å². The fourth-order valence-electron chi connectivity index (χ4n) is 2.14. The maximum absolute atomic E-state index is 11.9. The van der Waals surface area contributed by atoms with E-state index in [2.05, 4.69) is 15.6 Å². The molecule has 0 saturated heterocycles. The van der Waals surface area contributed by atoms with E-state index < -0.39 is 0 Å². The highest BCUT2D eigenvalue weighted by molar-refractivity contribution is 6.10. The molecule has 0 radical (unpaired) electrons. The number of nitrogens with zero attached hydrogens (tertiary/aromatic N) is 1. The Labute approximate surface area is 117 Å². The van der Waals surface area contributed by atoms with Gasteiger partial charge in [-0.05, 0) is 17.7 Å². The third-order valence-electron chi connectivity index (χ3n) is 3.14. The zero-order valence-electron chi connectivity index (χ0n) is 10.9. The highest BCUT2D eigenvalue weighted by atomic mass is 16.2. The van der Waals surface area contributed by atoms with Crippen LogP contribution in [-0.2, 0) is 11.2 Å². The molecule has 20 heavy (non-hydrogen) atoms. The highest BCUT2D eigenvalue weighted by Crippen LogP contribution is 2.11. The van der Waals surface area contributed by atoms with Crippen LogP contribution in [-0.4, -0.2) is 17.9 Å². The largest absolute Gasteiger partial charge is 0.326 e. The van der Waals surface area contributed by atoms with Gasteiger partial charge in [-0.25, -0.2) is 4.99 Å². The Hall–Kier alpha value is -2.62. The van der Waals surface area contributed by atoms with Crippen molar-refractivity contribution in [1.29, 1.82) is 0 Å². The second-order valence-electron chi connectivity index (χ2n) is 4.66. The number of benzene rings is 2. The van der Waals surface area contributed by atoms with E-state index in [1.807, 2.05) is 60.7 Å². The minimum atomic E-state index is -0.358. The van der Waals surface area contributed by atoms with Crippen LogP contribution < -0.4 is 10.6 Å². The van der Waals surface area contributed by atoms with E-state index in [1.54, 1.807) is 0 Å². The van der Waals surface area contributed by atoms with Crippen LogP contribution in [0.15, 0.2) is 65.7 Å². The molecule has 1 aliphatic rings. The van der Waals surface area contributed by atoms with E-state index in [9.17, 15) is 4.79 Å². The molecule has 4 heteroatoms. The minimum absolute atomic E-state index is 0.0627. The summed E-state index contributed by atoms with van der Waals surface area (Å²) in [6, 6.07) is 19.2. The molecule has 0 aromatic heterocycles. The van der Waals surface area contributed by atoms with Gasteiger partial charge < -0.3 is 5.32 Å². The van der Waals surface area contributed by atoms with Crippen LogP contribution in [0.25, 0.3) is 0 Å². The second kappa shape index (κ2) is 5.57. The number of guanidine groups is 1. The SMILES string of the molecule is O=C1NC(Nc2ccccc2)=N[C@H]1Cc1ccccc1. The smallest absolute Gasteiger partial charge is 0.251 e. The molecule has 2 aromatic rings. The Morgan fingerprint density at radius 1 is 1.00 bits per heavy atom. The molecule has 1 atom stereocenters. The van der Waals surface area contributed by atoms with Gasteiger partial charge in [0.1, 0.15) is 6.04 Å². The first kappa shape index (κ1) is 12.4. The van der Waals surface area contributed by atoms with Crippen molar-refractivity contribution in [2.24, 2.45) is 4.99 Å². The van der Waals surface area contributed by atoms with Gasteiger partial charge in [-0.2, -0.15) is 0 Å². The fraction of sp³-hybridized carbons (Fsp3) is 0.125. The summed E-state index contributed by atoms with van der Waals surface area (Å²) in [5, 5.41) is 5.88. The standard InChI is InChI=1S/C16H15N3O/c20-15-14(11-12-7-3-1-4-8-12)18-16(19-15)17-13-9-5-2-6-10-13/h1-10,14H,11H2,(H2,17,18,19,20)/t14-/m0/s1. The van der Waals surface area contributed by atoms with Crippen molar-refractivity contribution in [3.63, 3.8) is 0 Å². The zero-order chi connectivity index (χ0) is 13.8. The number of rotatable bonds is 3. The number of carbonyl (C=O) groups excluding carboxylic acids is 1. The molecule has 1 amide bonds. The van der Waals surface area contributed by atoms with E-state index in [4.69, 9.17) is 0 Å². The molecule has 1 heterocycles. The van der Waals surface area contributed by atoms with E-state index >= 15 is 0 Å². The zero-order valence-corrected chi connectivity index (χ0v) is 10.9. The molecule has 0 fully saturated rings. The molecule has 0 aliphatic carbocycles. The lowest BCUT2D eigenvalue weighted by Crippen LogP contribution is -2.33. The Balaban J connectivity index is 1.69. The average Bonchev–Trinajstić information content (AvgIpc) is 2.81. The second-order valence-corrected chi connectivity index (χ2v) is 4.66. The molecule has 100 valence electrons. The van der Waals surface area contributed by atoms with Crippen LogP contribution in [0.4, 0.5) is 5.69 Å².